The summed E-state index contributed by atoms with van der Waals surface area (Å²) in [5, 5.41) is 2.90. The van der Waals surface area contributed by atoms with Crippen molar-refractivity contribution in [1.82, 2.24) is 5.32 Å². The van der Waals surface area contributed by atoms with E-state index in [2.05, 4.69) is 5.32 Å². The summed E-state index contributed by atoms with van der Waals surface area (Å²) in [4.78, 5) is 26.0. The van der Waals surface area contributed by atoms with Crippen molar-refractivity contribution in [3.05, 3.63) is 59.7 Å². The van der Waals surface area contributed by atoms with Crippen LogP contribution in [0.3, 0.4) is 0 Å². The van der Waals surface area contributed by atoms with Gasteiger partial charge in [0.2, 0.25) is 5.91 Å². The maximum absolute atomic E-state index is 12.5. The molecule has 0 saturated carbocycles. The monoisotopic (exact) mass is 324 g/mol. The fourth-order valence-corrected chi connectivity index (χ4v) is 2.77. The average Bonchev–Trinajstić information content (AvgIpc) is 2.59. The molecule has 1 N–H and O–H groups in total. The van der Waals surface area contributed by atoms with Gasteiger partial charge >= 0.3 is 0 Å². The van der Waals surface area contributed by atoms with Crippen molar-refractivity contribution < 1.29 is 14.3 Å². The molecule has 1 heterocycles. The van der Waals surface area contributed by atoms with Crippen LogP contribution >= 0.6 is 0 Å². The van der Waals surface area contributed by atoms with E-state index in [-0.39, 0.29) is 18.4 Å². The van der Waals surface area contributed by atoms with Crippen LogP contribution in [-0.4, -0.2) is 24.5 Å². The van der Waals surface area contributed by atoms with Crippen molar-refractivity contribution in [2.24, 2.45) is 0 Å². The number of ether oxygens (including phenoxy) is 1. The number of fused-ring (bicyclic) bond motifs is 1. The topological polar surface area (TPSA) is 58.6 Å². The lowest BCUT2D eigenvalue weighted by molar-refractivity contribution is -0.128. The Bertz CT molecular complexity index is 773. The molecule has 0 saturated heterocycles. The minimum absolute atomic E-state index is 0.109. The van der Waals surface area contributed by atoms with Gasteiger partial charge in [0.1, 0.15) is 5.75 Å². The van der Waals surface area contributed by atoms with Crippen LogP contribution in [0.2, 0.25) is 0 Å². The Kier molecular flexibility index (Phi) is 4.51. The molecular formula is C19H20N2O3. The molecule has 24 heavy (non-hydrogen) atoms. The SMILES string of the molecule is CC(=O)N1C[C@@H](C(=O)NCc2ccccc2C)Oc2ccccc21. The number of rotatable bonds is 3. The molecule has 5 heteroatoms. The number of carbonyl (C=O) groups excluding carboxylic acids is 2. The lowest BCUT2D eigenvalue weighted by Gasteiger charge is -2.33. The average molecular weight is 324 g/mol. The molecule has 0 radical (unpaired) electrons. The predicted molar refractivity (Wildman–Crippen MR) is 91.9 cm³/mol. The van der Waals surface area contributed by atoms with Crippen LogP contribution < -0.4 is 15.0 Å². The van der Waals surface area contributed by atoms with E-state index in [4.69, 9.17) is 4.74 Å². The van der Waals surface area contributed by atoms with Crippen LogP contribution in [0.5, 0.6) is 5.75 Å². The summed E-state index contributed by atoms with van der Waals surface area (Å²) in [6.07, 6.45) is -0.715. The van der Waals surface area contributed by atoms with Gasteiger partial charge in [-0.15, -0.1) is 0 Å². The molecule has 0 aliphatic carbocycles. The second kappa shape index (κ2) is 6.74. The van der Waals surface area contributed by atoms with Gasteiger partial charge in [-0.05, 0) is 30.2 Å². The van der Waals surface area contributed by atoms with Crippen LogP contribution in [0.4, 0.5) is 5.69 Å². The molecule has 124 valence electrons. The predicted octanol–water partition coefficient (Wildman–Crippen LogP) is 2.43. The fraction of sp³-hybridized carbons (Fsp3) is 0.263. The van der Waals surface area contributed by atoms with Gasteiger partial charge in [0.15, 0.2) is 6.10 Å². The number of carbonyl (C=O) groups is 2. The highest BCUT2D eigenvalue weighted by molar-refractivity contribution is 5.95. The highest BCUT2D eigenvalue weighted by atomic mass is 16.5. The Morgan fingerprint density at radius 2 is 1.88 bits per heavy atom. The molecule has 2 amide bonds. The molecule has 3 rings (SSSR count). The molecule has 0 fully saturated rings. The first-order valence-electron chi connectivity index (χ1n) is 7.92. The van der Waals surface area contributed by atoms with Gasteiger partial charge < -0.3 is 15.0 Å². The van der Waals surface area contributed by atoms with Crippen LogP contribution in [0.25, 0.3) is 0 Å². The molecule has 1 atom stereocenters. The van der Waals surface area contributed by atoms with Gasteiger partial charge in [0.25, 0.3) is 5.91 Å². The van der Waals surface area contributed by atoms with Crippen molar-refractivity contribution in [2.75, 3.05) is 11.4 Å². The lowest BCUT2D eigenvalue weighted by Crippen LogP contribution is -2.50. The summed E-state index contributed by atoms with van der Waals surface area (Å²) in [7, 11) is 0. The largest absolute Gasteiger partial charge is 0.477 e. The first-order chi connectivity index (χ1) is 11.6. The number of amides is 2. The zero-order valence-electron chi connectivity index (χ0n) is 13.8. The summed E-state index contributed by atoms with van der Waals surface area (Å²) in [5.41, 5.74) is 2.89. The van der Waals surface area contributed by atoms with Crippen LogP contribution in [-0.2, 0) is 16.1 Å². The minimum Gasteiger partial charge on any atom is -0.477 e. The normalized spacial score (nSPS) is 16.1. The van der Waals surface area contributed by atoms with Crippen molar-refractivity contribution in [3.8, 4) is 5.75 Å². The summed E-state index contributed by atoms with van der Waals surface area (Å²) in [5.74, 6) is 0.219. The molecule has 5 nitrogen and oxygen atoms in total. The standard InChI is InChI=1S/C19H20N2O3/c1-13-7-3-4-8-15(13)11-20-19(23)18-12-21(14(2)22)16-9-5-6-10-17(16)24-18/h3-10,18H,11-12H2,1-2H3,(H,20,23)/t18-/m0/s1. The number of hydrogen-bond donors (Lipinski definition) is 1. The van der Waals surface area contributed by atoms with E-state index in [1.165, 1.54) is 6.92 Å². The van der Waals surface area contributed by atoms with E-state index < -0.39 is 6.10 Å². The Morgan fingerprint density at radius 1 is 1.17 bits per heavy atom. The molecule has 1 aliphatic rings. The van der Waals surface area contributed by atoms with Crippen molar-refractivity contribution >= 4 is 17.5 Å². The van der Waals surface area contributed by atoms with Crippen molar-refractivity contribution in [3.63, 3.8) is 0 Å². The molecule has 0 unspecified atom stereocenters. The van der Waals surface area contributed by atoms with Crippen molar-refractivity contribution in [2.45, 2.75) is 26.5 Å². The first-order valence-corrected chi connectivity index (χ1v) is 7.92. The molecule has 2 aromatic rings. The zero-order chi connectivity index (χ0) is 17.1. The highest BCUT2D eigenvalue weighted by Gasteiger charge is 2.32. The highest BCUT2D eigenvalue weighted by Crippen LogP contribution is 2.33. The van der Waals surface area contributed by atoms with Gasteiger partial charge in [-0.25, -0.2) is 0 Å². The number of hydrogen-bond acceptors (Lipinski definition) is 3. The lowest BCUT2D eigenvalue weighted by atomic mass is 10.1. The first kappa shape index (κ1) is 16.1. The van der Waals surface area contributed by atoms with Gasteiger partial charge in [-0.3, -0.25) is 9.59 Å². The van der Waals surface area contributed by atoms with Crippen LogP contribution in [0.1, 0.15) is 18.1 Å². The Balaban J connectivity index is 1.72. The molecule has 2 aromatic carbocycles. The third-order valence-electron chi connectivity index (χ3n) is 4.16. The number of nitrogens with zero attached hydrogens (tertiary/aromatic N) is 1. The smallest absolute Gasteiger partial charge is 0.263 e. The Labute approximate surface area is 141 Å². The minimum atomic E-state index is -0.715. The molecule has 1 aliphatic heterocycles. The fourth-order valence-electron chi connectivity index (χ4n) is 2.77. The molecular weight excluding hydrogens is 304 g/mol. The maximum Gasteiger partial charge on any atom is 0.263 e. The summed E-state index contributed by atoms with van der Waals surface area (Å²) in [6.45, 7) is 4.15. The zero-order valence-corrected chi connectivity index (χ0v) is 13.8. The van der Waals surface area contributed by atoms with Gasteiger partial charge in [0.05, 0.1) is 12.2 Å². The third kappa shape index (κ3) is 3.25. The number of nitrogens with one attached hydrogen (secondary N) is 1. The number of aryl methyl sites for hydroxylation is 1. The molecule has 0 aromatic heterocycles. The quantitative estimate of drug-likeness (QED) is 0.943. The summed E-state index contributed by atoms with van der Waals surface area (Å²) in [6, 6.07) is 15.2. The van der Waals surface area contributed by atoms with E-state index in [1.54, 1.807) is 11.0 Å². The second-order valence-electron chi connectivity index (χ2n) is 5.85. The van der Waals surface area contributed by atoms with E-state index in [1.807, 2.05) is 49.4 Å². The number of para-hydroxylation sites is 2. The molecule has 0 spiro atoms. The third-order valence-corrected chi connectivity index (χ3v) is 4.16. The van der Waals surface area contributed by atoms with E-state index in [9.17, 15) is 9.59 Å². The van der Waals surface area contributed by atoms with Crippen LogP contribution in [0.15, 0.2) is 48.5 Å². The summed E-state index contributed by atoms with van der Waals surface area (Å²) >= 11 is 0. The van der Waals surface area contributed by atoms with E-state index >= 15 is 0 Å². The van der Waals surface area contributed by atoms with Crippen molar-refractivity contribution in [1.29, 1.82) is 0 Å². The Morgan fingerprint density at radius 3 is 2.62 bits per heavy atom. The number of benzene rings is 2. The van der Waals surface area contributed by atoms with Gasteiger partial charge in [0, 0.05) is 13.5 Å². The molecule has 0 bridgehead atoms. The number of anilines is 1. The van der Waals surface area contributed by atoms with E-state index in [0.717, 1.165) is 11.1 Å². The van der Waals surface area contributed by atoms with E-state index in [0.29, 0.717) is 18.0 Å². The second-order valence-corrected chi connectivity index (χ2v) is 5.85. The van der Waals surface area contributed by atoms with Gasteiger partial charge in [-0.1, -0.05) is 36.4 Å². The van der Waals surface area contributed by atoms with Gasteiger partial charge in [-0.2, -0.15) is 0 Å². The Hall–Kier alpha value is -2.82. The van der Waals surface area contributed by atoms with Crippen LogP contribution in [0, 0.1) is 6.92 Å². The maximum atomic E-state index is 12.5. The summed E-state index contributed by atoms with van der Waals surface area (Å²) < 4.78 is 5.79.